The maximum atomic E-state index is 13.0. The molecule has 0 aliphatic heterocycles. The van der Waals surface area contributed by atoms with E-state index in [-0.39, 0.29) is 31.1 Å². The van der Waals surface area contributed by atoms with E-state index in [0.717, 1.165) is 77.0 Å². The van der Waals surface area contributed by atoms with Gasteiger partial charge in [0.1, 0.15) is 13.2 Å². The van der Waals surface area contributed by atoms with Crippen molar-refractivity contribution in [3.8, 4) is 0 Å². The summed E-state index contributed by atoms with van der Waals surface area (Å²) in [6.45, 7) is 6.70. The SMILES string of the molecule is CCCCCCC/C=C\C/C=C\C/C=C\CCCCCCCCC(=O)OC(COC(=O)CCCCCCCCCCC/C=C\CCCCCCCCCC)COC(=O)CCCCCCCCCCCCCCCCCCCCCCCC. The van der Waals surface area contributed by atoms with E-state index in [1.165, 1.54) is 283 Å². The third kappa shape index (κ3) is 68.2. The van der Waals surface area contributed by atoms with E-state index in [9.17, 15) is 14.4 Å². The Bertz CT molecular complexity index is 1410. The molecule has 0 aliphatic carbocycles. The standard InChI is InChI=1S/C76H140O6/c1-4-7-10-13-16-19-22-25-28-31-34-37-40-42-45-48-51-54-57-60-63-66-69-75(78)81-72-73(82-76(79)70-67-64-61-58-55-52-49-46-43-39-36-33-30-27-24-21-18-15-12-9-6-3)71-80-74(77)68-65-62-59-56-53-50-47-44-41-38-35-32-29-26-23-20-17-14-11-8-5-2/h24,27,32-33,35-36,43,46,73H,4-23,25-26,28-31,34,37-42,44-45,47-72H2,1-3H3/b27-24-,35-32-,36-33-,46-43-. The smallest absolute Gasteiger partial charge is 0.306 e. The van der Waals surface area contributed by atoms with Crippen molar-refractivity contribution >= 4 is 17.9 Å². The molecule has 0 amide bonds. The molecule has 0 aromatic heterocycles. The molecule has 82 heavy (non-hydrogen) atoms. The van der Waals surface area contributed by atoms with Crippen LogP contribution in [0.25, 0.3) is 0 Å². The predicted octanol–water partition coefficient (Wildman–Crippen LogP) is 25.3. The minimum absolute atomic E-state index is 0.0748. The summed E-state index contributed by atoms with van der Waals surface area (Å²) >= 11 is 0. The predicted molar refractivity (Wildman–Crippen MR) is 358 cm³/mol. The second kappa shape index (κ2) is 70.9. The highest BCUT2D eigenvalue weighted by Gasteiger charge is 2.19. The van der Waals surface area contributed by atoms with Gasteiger partial charge in [0.15, 0.2) is 6.10 Å². The first kappa shape index (κ1) is 79.4. The molecule has 0 aromatic rings. The Morgan fingerprint density at radius 2 is 0.439 bits per heavy atom. The van der Waals surface area contributed by atoms with Gasteiger partial charge in [0.2, 0.25) is 0 Å². The zero-order valence-corrected chi connectivity index (χ0v) is 55.3. The van der Waals surface area contributed by atoms with E-state index in [1.807, 2.05) is 0 Å². The van der Waals surface area contributed by atoms with Crippen LogP contribution >= 0.6 is 0 Å². The molecular formula is C76H140O6. The fraction of sp³-hybridized carbons (Fsp3) is 0.855. The Morgan fingerprint density at radius 1 is 0.244 bits per heavy atom. The van der Waals surface area contributed by atoms with Gasteiger partial charge >= 0.3 is 17.9 Å². The summed E-state index contributed by atoms with van der Waals surface area (Å²) in [6.07, 6.45) is 89.9. The lowest BCUT2D eigenvalue weighted by Crippen LogP contribution is -2.30. The van der Waals surface area contributed by atoms with Crippen molar-refractivity contribution in [2.75, 3.05) is 13.2 Å². The number of carbonyl (C=O) groups excluding carboxylic acids is 3. The largest absolute Gasteiger partial charge is 0.462 e. The summed E-state index contributed by atoms with van der Waals surface area (Å²) < 4.78 is 17.0. The number of hydrogen-bond donors (Lipinski definition) is 0. The molecular weight excluding hydrogens is 1010 g/mol. The van der Waals surface area contributed by atoms with Crippen molar-refractivity contribution < 1.29 is 28.6 Å². The number of allylic oxidation sites excluding steroid dienone is 8. The maximum Gasteiger partial charge on any atom is 0.306 e. The third-order valence-electron chi connectivity index (χ3n) is 16.6. The summed E-state index contributed by atoms with van der Waals surface area (Å²) in [5.74, 6) is -0.860. The average Bonchev–Trinajstić information content (AvgIpc) is 3.47. The Balaban J connectivity index is 4.35. The zero-order chi connectivity index (χ0) is 59.2. The monoisotopic (exact) mass is 1150 g/mol. The van der Waals surface area contributed by atoms with E-state index in [1.54, 1.807) is 0 Å². The molecule has 1 unspecified atom stereocenters. The third-order valence-corrected chi connectivity index (χ3v) is 16.6. The summed E-state index contributed by atoms with van der Waals surface area (Å²) in [7, 11) is 0. The number of carbonyl (C=O) groups is 3. The molecule has 0 spiro atoms. The second-order valence-electron chi connectivity index (χ2n) is 24.9. The van der Waals surface area contributed by atoms with Gasteiger partial charge in [0.05, 0.1) is 0 Å². The Morgan fingerprint density at radius 3 is 0.695 bits per heavy atom. The van der Waals surface area contributed by atoms with Crippen LogP contribution in [0.1, 0.15) is 400 Å². The zero-order valence-electron chi connectivity index (χ0n) is 55.3. The van der Waals surface area contributed by atoms with E-state index in [4.69, 9.17) is 14.2 Å². The molecule has 0 heterocycles. The number of hydrogen-bond acceptors (Lipinski definition) is 6. The summed E-state index contributed by atoms with van der Waals surface area (Å²) in [5, 5.41) is 0. The van der Waals surface area contributed by atoms with Crippen LogP contribution in [0.2, 0.25) is 0 Å². The van der Waals surface area contributed by atoms with Crippen molar-refractivity contribution in [2.24, 2.45) is 0 Å². The summed E-state index contributed by atoms with van der Waals surface area (Å²) in [6, 6.07) is 0. The van der Waals surface area contributed by atoms with Gasteiger partial charge < -0.3 is 14.2 Å². The molecule has 0 radical (unpaired) electrons. The van der Waals surface area contributed by atoms with Gasteiger partial charge in [0.25, 0.3) is 0 Å². The molecule has 0 saturated carbocycles. The lowest BCUT2D eigenvalue weighted by atomic mass is 10.0. The molecule has 6 heteroatoms. The molecule has 0 N–H and O–H groups in total. The molecule has 0 bridgehead atoms. The van der Waals surface area contributed by atoms with Gasteiger partial charge in [-0.05, 0) is 83.5 Å². The lowest BCUT2D eigenvalue weighted by molar-refractivity contribution is -0.167. The Kier molecular flexibility index (Phi) is 68.6. The average molecular weight is 1150 g/mol. The van der Waals surface area contributed by atoms with Crippen LogP contribution in [0.5, 0.6) is 0 Å². The van der Waals surface area contributed by atoms with Gasteiger partial charge in [-0.15, -0.1) is 0 Å². The van der Waals surface area contributed by atoms with E-state index in [0.29, 0.717) is 19.3 Å². The maximum absolute atomic E-state index is 13.0. The molecule has 480 valence electrons. The van der Waals surface area contributed by atoms with Gasteiger partial charge in [-0.1, -0.05) is 345 Å². The molecule has 0 aromatic carbocycles. The topological polar surface area (TPSA) is 78.9 Å². The van der Waals surface area contributed by atoms with Crippen LogP contribution in [0.15, 0.2) is 48.6 Å². The van der Waals surface area contributed by atoms with Crippen molar-refractivity contribution in [3.05, 3.63) is 48.6 Å². The minimum atomic E-state index is -0.782. The van der Waals surface area contributed by atoms with Crippen LogP contribution in [0, 0.1) is 0 Å². The number of ether oxygens (including phenoxy) is 3. The summed E-state index contributed by atoms with van der Waals surface area (Å²) in [4.78, 5) is 38.5. The highest BCUT2D eigenvalue weighted by Crippen LogP contribution is 2.18. The molecule has 0 saturated heterocycles. The van der Waals surface area contributed by atoms with Crippen LogP contribution in [0.3, 0.4) is 0 Å². The van der Waals surface area contributed by atoms with Crippen molar-refractivity contribution in [1.29, 1.82) is 0 Å². The molecule has 0 rings (SSSR count). The fourth-order valence-corrected chi connectivity index (χ4v) is 11.0. The van der Waals surface area contributed by atoms with Crippen molar-refractivity contribution in [2.45, 2.75) is 406 Å². The van der Waals surface area contributed by atoms with E-state index in [2.05, 4.69) is 69.4 Å². The number of unbranched alkanes of at least 4 members (excludes halogenated alkanes) is 49. The Hall–Kier alpha value is -2.63. The van der Waals surface area contributed by atoms with Gasteiger partial charge in [0, 0.05) is 19.3 Å². The van der Waals surface area contributed by atoms with Crippen LogP contribution < -0.4 is 0 Å². The van der Waals surface area contributed by atoms with Gasteiger partial charge in [-0.25, -0.2) is 0 Å². The molecule has 6 nitrogen and oxygen atoms in total. The highest BCUT2D eigenvalue weighted by molar-refractivity contribution is 5.71. The highest BCUT2D eigenvalue weighted by atomic mass is 16.6. The lowest BCUT2D eigenvalue weighted by Gasteiger charge is -2.18. The minimum Gasteiger partial charge on any atom is -0.462 e. The quantitative estimate of drug-likeness (QED) is 0.0261. The molecule has 0 fully saturated rings. The van der Waals surface area contributed by atoms with E-state index >= 15 is 0 Å². The Labute approximate surface area is 511 Å². The number of esters is 3. The van der Waals surface area contributed by atoms with Gasteiger partial charge in [-0.3, -0.25) is 14.4 Å². The number of rotatable bonds is 68. The van der Waals surface area contributed by atoms with Crippen molar-refractivity contribution in [3.63, 3.8) is 0 Å². The second-order valence-corrected chi connectivity index (χ2v) is 24.9. The van der Waals surface area contributed by atoms with Crippen molar-refractivity contribution in [1.82, 2.24) is 0 Å². The van der Waals surface area contributed by atoms with Crippen LogP contribution in [-0.2, 0) is 28.6 Å². The normalized spacial score (nSPS) is 12.3. The molecule has 0 aliphatic rings. The first-order valence-electron chi connectivity index (χ1n) is 36.6. The van der Waals surface area contributed by atoms with Gasteiger partial charge in [-0.2, -0.15) is 0 Å². The first-order valence-corrected chi connectivity index (χ1v) is 36.6. The van der Waals surface area contributed by atoms with Crippen LogP contribution in [0.4, 0.5) is 0 Å². The fourth-order valence-electron chi connectivity index (χ4n) is 11.0. The first-order chi connectivity index (χ1) is 40.5. The molecule has 1 atom stereocenters. The van der Waals surface area contributed by atoms with Crippen LogP contribution in [-0.4, -0.2) is 37.2 Å². The summed E-state index contributed by atoms with van der Waals surface area (Å²) in [5.41, 5.74) is 0. The van der Waals surface area contributed by atoms with E-state index < -0.39 is 6.10 Å².